The summed E-state index contributed by atoms with van der Waals surface area (Å²) in [5.74, 6) is 7.21. The Kier molecular flexibility index (Phi) is 2.80. The molecule has 0 spiro atoms. The minimum absolute atomic E-state index is 0.0606. The summed E-state index contributed by atoms with van der Waals surface area (Å²) in [5, 5.41) is 0. The molecule has 2 nitrogen and oxygen atoms in total. The molecule has 0 saturated heterocycles. The largest absolute Gasteiger partial charge is 0.458 e. The van der Waals surface area contributed by atoms with E-state index < -0.39 is 0 Å². The van der Waals surface area contributed by atoms with Crippen LogP contribution in [0.2, 0.25) is 0 Å². The fraction of sp³-hybridized carbons (Fsp3) is 0.952. The molecule has 8 bridgehead atoms. The molecule has 5 atom stereocenters. The van der Waals surface area contributed by atoms with Gasteiger partial charge in [0.25, 0.3) is 0 Å². The number of carbonyl (C=O) groups excluding carboxylic acids is 1. The second kappa shape index (κ2) is 4.35. The Morgan fingerprint density at radius 1 is 1.04 bits per heavy atom. The van der Waals surface area contributed by atoms with E-state index in [0.29, 0.717) is 5.92 Å². The summed E-state index contributed by atoms with van der Waals surface area (Å²) in [7, 11) is 0. The highest BCUT2D eigenvalue weighted by Gasteiger charge is 2.71. The molecule has 0 aliphatic heterocycles. The molecule has 7 fully saturated rings. The Morgan fingerprint density at radius 2 is 1.61 bits per heavy atom. The zero-order valence-corrected chi connectivity index (χ0v) is 15.2. The summed E-state index contributed by atoms with van der Waals surface area (Å²) < 4.78 is 6.41. The molecule has 7 saturated carbocycles. The molecule has 7 rings (SSSR count). The van der Waals surface area contributed by atoms with Crippen LogP contribution in [0.25, 0.3) is 0 Å². The van der Waals surface area contributed by atoms with E-state index in [1.54, 1.807) is 0 Å². The summed E-state index contributed by atoms with van der Waals surface area (Å²) in [6.45, 7) is 8.62. The normalized spacial score (nSPS) is 55.5. The summed E-state index contributed by atoms with van der Waals surface area (Å²) in [5.41, 5.74) is -0.447. The van der Waals surface area contributed by atoms with Crippen molar-refractivity contribution in [2.75, 3.05) is 0 Å². The number of rotatable bonds is 3. The van der Waals surface area contributed by atoms with E-state index in [2.05, 4.69) is 13.8 Å². The summed E-state index contributed by atoms with van der Waals surface area (Å²) in [6.07, 6.45) is 7.70. The SMILES string of the molecule is CCC(C)(C)C(=O)OC12CC3C4CC5CC3C(C(C5)C4C1)C2C. The average molecular weight is 316 g/mol. The van der Waals surface area contributed by atoms with Crippen LogP contribution in [0.5, 0.6) is 0 Å². The lowest BCUT2D eigenvalue weighted by atomic mass is 9.33. The van der Waals surface area contributed by atoms with Crippen LogP contribution in [0.3, 0.4) is 0 Å². The van der Waals surface area contributed by atoms with Gasteiger partial charge < -0.3 is 4.74 Å². The van der Waals surface area contributed by atoms with Crippen molar-refractivity contribution in [3.63, 3.8) is 0 Å². The predicted octanol–water partition coefficient (Wildman–Crippen LogP) is 4.67. The van der Waals surface area contributed by atoms with Crippen LogP contribution < -0.4 is 0 Å². The lowest BCUT2D eigenvalue weighted by Crippen LogP contribution is -2.71. The van der Waals surface area contributed by atoms with Crippen molar-refractivity contribution in [1.29, 1.82) is 0 Å². The summed E-state index contributed by atoms with van der Waals surface area (Å²) >= 11 is 0. The Labute approximate surface area is 140 Å². The van der Waals surface area contributed by atoms with Crippen LogP contribution in [0.4, 0.5) is 0 Å². The molecule has 7 aliphatic rings. The van der Waals surface area contributed by atoms with Gasteiger partial charge in [-0.3, -0.25) is 4.79 Å². The van der Waals surface area contributed by atoms with Gasteiger partial charge in [-0.15, -0.1) is 0 Å². The van der Waals surface area contributed by atoms with Gasteiger partial charge in [-0.2, -0.15) is 0 Å². The van der Waals surface area contributed by atoms with E-state index >= 15 is 0 Å². The van der Waals surface area contributed by atoms with Gasteiger partial charge in [0.2, 0.25) is 0 Å². The maximum atomic E-state index is 12.8. The number of hydrogen-bond acceptors (Lipinski definition) is 2. The van der Waals surface area contributed by atoms with Crippen LogP contribution in [-0.2, 0) is 9.53 Å². The lowest BCUT2D eigenvalue weighted by Gasteiger charge is -2.74. The quantitative estimate of drug-likeness (QED) is 0.707. The lowest BCUT2D eigenvalue weighted by molar-refractivity contribution is -0.290. The molecular weight excluding hydrogens is 284 g/mol. The maximum absolute atomic E-state index is 12.8. The highest BCUT2D eigenvalue weighted by molar-refractivity contribution is 5.76. The Balaban J connectivity index is 1.48. The number of carbonyl (C=O) groups is 1. The molecule has 23 heavy (non-hydrogen) atoms. The van der Waals surface area contributed by atoms with Crippen LogP contribution in [0.1, 0.15) is 66.2 Å². The van der Waals surface area contributed by atoms with Crippen LogP contribution >= 0.6 is 0 Å². The van der Waals surface area contributed by atoms with Crippen LogP contribution in [0.15, 0.2) is 0 Å². The minimum atomic E-state index is -0.333. The number of hydrogen-bond donors (Lipinski definition) is 0. The van der Waals surface area contributed by atoms with Gasteiger partial charge in [0, 0.05) is 0 Å². The molecule has 0 radical (unpaired) electrons. The second-order valence-electron chi connectivity index (χ2n) is 10.4. The highest BCUT2D eigenvalue weighted by atomic mass is 16.6. The van der Waals surface area contributed by atoms with Crippen LogP contribution in [-0.4, -0.2) is 11.6 Å². The summed E-state index contributed by atoms with van der Waals surface area (Å²) in [6, 6.07) is 0. The third-order valence-corrected chi connectivity index (χ3v) is 9.31. The minimum Gasteiger partial charge on any atom is -0.458 e. The van der Waals surface area contributed by atoms with Crippen molar-refractivity contribution >= 4 is 5.97 Å². The molecular formula is C21H32O2. The summed E-state index contributed by atoms with van der Waals surface area (Å²) in [4.78, 5) is 12.8. The van der Waals surface area contributed by atoms with Gasteiger partial charge in [-0.05, 0) is 99.7 Å². The zero-order valence-electron chi connectivity index (χ0n) is 15.2. The zero-order chi connectivity index (χ0) is 16.1. The van der Waals surface area contributed by atoms with Crippen molar-refractivity contribution in [2.24, 2.45) is 52.8 Å². The van der Waals surface area contributed by atoms with Gasteiger partial charge >= 0.3 is 5.97 Å². The molecule has 0 aromatic heterocycles. The van der Waals surface area contributed by atoms with E-state index in [4.69, 9.17) is 4.74 Å². The average Bonchev–Trinajstić information content (AvgIpc) is 2.53. The molecule has 7 aliphatic carbocycles. The Hall–Kier alpha value is -0.530. The number of esters is 1. The standard InChI is InChI=1S/C21H32O2/c1-5-20(3,4)19(22)23-21-9-16-13-6-12-7-14(16)18(11(21)2)15(8-12)17(13)10-21/h11-18H,5-10H2,1-4H3. The van der Waals surface area contributed by atoms with Crippen molar-refractivity contribution in [3.05, 3.63) is 0 Å². The topological polar surface area (TPSA) is 26.3 Å². The maximum Gasteiger partial charge on any atom is 0.312 e. The molecule has 5 unspecified atom stereocenters. The first kappa shape index (κ1) is 14.8. The molecule has 0 aromatic rings. The second-order valence-corrected chi connectivity index (χ2v) is 10.4. The van der Waals surface area contributed by atoms with Gasteiger partial charge in [-0.1, -0.05) is 13.8 Å². The van der Waals surface area contributed by atoms with Crippen molar-refractivity contribution in [2.45, 2.75) is 71.8 Å². The smallest absolute Gasteiger partial charge is 0.312 e. The fourth-order valence-corrected chi connectivity index (χ4v) is 7.89. The first-order valence-corrected chi connectivity index (χ1v) is 10.1. The predicted molar refractivity (Wildman–Crippen MR) is 89.6 cm³/mol. The van der Waals surface area contributed by atoms with Crippen molar-refractivity contribution < 1.29 is 9.53 Å². The first-order chi connectivity index (χ1) is 10.9. The Bertz CT molecular complexity index is 526. The first-order valence-electron chi connectivity index (χ1n) is 10.1. The Morgan fingerprint density at radius 3 is 2.17 bits per heavy atom. The molecule has 2 heteroatoms. The monoisotopic (exact) mass is 316 g/mol. The third-order valence-electron chi connectivity index (χ3n) is 9.31. The van der Waals surface area contributed by atoms with E-state index in [0.717, 1.165) is 47.8 Å². The van der Waals surface area contributed by atoms with E-state index in [9.17, 15) is 4.79 Å². The van der Waals surface area contributed by atoms with Gasteiger partial charge in [0.1, 0.15) is 5.60 Å². The molecule has 0 heterocycles. The van der Waals surface area contributed by atoms with E-state index in [-0.39, 0.29) is 17.0 Å². The number of ether oxygens (including phenoxy) is 1. The van der Waals surface area contributed by atoms with Crippen molar-refractivity contribution in [3.8, 4) is 0 Å². The highest BCUT2D eigenvalue weighted by Crippen LogP contribution is 2.74. The molecule has 0 N–H and O–H groups in total. The van der Waals surface area contributed by atoms with Crippen LogP contribution in [0, 0.1) is 52.8 Å². The van der Waals surface area contributed by atoms with E-state index in [1.165, 1.54) is 32.1 Å². The molecule has 0 aromatic carbocycles. The van der Waals surface area contributed by atoms with E-state index in [1.807, 2.05) is 13.8 Å². The van der Waals surface area contributed by atoms with Gasteiger partial charge in [0.05, 0.1) is 5.41 Å². The third kappa shape index (κ3) is 1.69. The van der Waals surface area contributed by atoms with Crippen molar-refractivity contribution in [1.82, 2.24) is 0 Å². The van der Waals surface area contributed by atoms with Gasteiger partial charge in [0.15, 0.2) is 0 Å². The fourth-order valence-electron chi connectivity index (χ4n) is 7.89. The molecule has 128 valence electrons. The van der Waals surface area contributed by atoms with Gasteiger partial charge in [-0.25, -0.2) is 0 Å². The molecule has 0 amide bonds.